The average Bonchev–Trinajstić information content (AvgIpc) is 2.42. The van der Waals surface area contributed by atoms with Crippen LogP contribution in [0.25, 0.3) is 0 Å². The molecule has 0 aliphatic carbocycles. The van der Waals surface area contributed by atoms with E-state index in [2.05, 4.69) is 0 Å². The first kappa shape index (κ1) is 14.9. The Morgan fingerprint density at radius 3 is 2.43 bits per heavy atom. The third kappa shape index (κ3) is 3.34. The number of nitrogen functional groups attached to an aromatic ring is 1. The molecule has 1 amide bonds. The summed E-state index contributed by atoms with van der Waals surface area (Å²) in [6.07, 6.45) is 0. The second-order valence-electron chi connectivity index (χ2n) is 5.33. The molecular formula is C17H20N2O2. The van der Waals surface area contributed by atoms with Crippen LogP contribution in [0, 0.1) is 13.8 Å². The van der Waals surface area contributed by atoms with Crippen molar-refractivity contribution >= 4 is 11.6 Å². The lowest BCUT2D eigenvalue weighted by Gasteiger charge is -2.16. The Morgan fingerprint density at radius 1 is 1.05 bits per heavy atom. The fourth-order valence-electron chi connectivity index (χ4n) is 1.98. The first-order valence-electron chi connectivity index (χ1n) is 6.75. The maximum Gasteiger partial charge on any atom is 0.257 e. The van der Waals surface area contributed by atoms with Gasteiger partial charge in [-0.25, -0.2) is 0 Å². The zero-order valence-corrected chi connectivity index (χ0v) is 12.8. The first-order valence-corrected chi connectivity index (χ1v) is 6.75. The number of anilines is 1. The van der Waals surface area contributed by atoms with E-state index in [0.29, 0.717) is 17.0 Å². The number of hydrogen-bond acceptors (Lipinski definition) is 3. The van der Waals surface area contributed by atoms with Crippen LogP contribution in [0.5, 0.6) is 11.5 Å². The van der Waals surface area contributed by atoms with Crippen LogP contribution >= 0.6 is 0 Å². The summed E-state index contributed by atoms with van der Waals surface area (Å²) in [5.74, 6) is 1.09. The van der Waals surface area contributed by atoms with Gasteiger partial charge in [-0.15, -0.1) is 0 Å². The van der Waals surface area contributed by atoms with E-state index in [-0.39, 0.29) is 5.91 Å². The number of rotatable bonds is 3. The van der Waals surface area contributed by atoms with Crippen molar-refractivity contribution in [3.8, 4) is 11.5 Å². The van der Waals surface area contributed by atoms with Crippen molar-refractivity contribution in [3.05, 3.63) is 53.1 Å². The van der Waals surface area contributed by atoms with E-state index in [1.54, 1.807) is 32.3 Å². The molecule has 0 fully saturated rings. The zero-order chi connectivity index (χ0) is 15.6. The fraction of sp³-hybridized carbons (Fsp3) is 0.235. The highest BCUT2D eigenvalue weighted by atomic mass is 16.5. The minimum absolute atomic E-state index is 0.115. The van der Waals surface area contributed by atoms with Crippen LogP contribution < -0.4 is 10.5 Å². The van der Waals surface area contributed by atoms with Gasteiger partial charge in [0.25, 0.3) is 5.91 Å². The lowest BCUT2D eigenvalue weighted by Crippen LogP contribution is -2.22. The summed E-state index contributed by atoms with van der Waals surface area (Å²) in [6.45, 7) is 3.96. The van der Waals surface area contributed by atoms with E-state index in [1.807, 2.05) is 32.0 Å². The van der Waals surface area contributed by atoms with Gasteiger partial charge in [0.05, 0.1) is 5.56 Å². The largest absolute Gasteiger partial charge is 0.456 e. The summed E-state index contributed by atoms with van der Waals surface area (Å²) < 4.78 is 5.95. The Bertz CT molecular complexity index is 678. The van der Waals surface area contributed by atoms with Crippen molar-refractivity contribution in [2.75, 3.05) is 19.8 Å². The van der Waals surface area contributed by atoms with Crippen LogP contribution in [0.3, 0.4) is 0 Å². The number of ether oxygens (including phenoxy) is 1. The molecule has 0 radical (unpaired) electrons. The highest BCUT2D eigenvalue weighted by Gasteiger charge is 2.16. The SMILES string of the molecule is Cc1ccc(C)c(Oc2cc(N)ccc2C(=O)N(C)C)c1. The highest BCUT2D eigenvalue weighted by Crippen LogP contribution is 2.30. The van der Waals surface area contributed by atoms with Gasteiger partial charge >= 0.3 is 0 Å². The predicted molar refractivity (Wildman–Crippen MR) is 84.9 cm³/mol. The molecule has 0 aliphatic rings. The van der Waals surface area contributed by atoms with Crippen LogP contribution in [-0.2, 0) is 0 Å². The first-order chi connectivity index (χ1) is 9.88. The number of benzene rings is 2. The normalized spacial score (nSPS) is 10.3. The standard InChI is InChI=1S/C17H20N2O2/c1-11-5-6-12(2)15(9-11)21-16-10-13(18)7-8-14(16)17(20)19(3)4/h5-10H,18H2,1-4H3. The van der Waals surface area contributed by atoms with Gasteiger partial charge in [0, 0.05) is 25.8 Å². The lowest BCUT2D eigenvalue weighted by molar-refractivity contribution is 0.0825. The number of carbonyl (C=O) groups is 1. The molecule has 2 aromatic carbocycles. The molecular weight excluding hydrogens is 264 g/mol. The van der Waals surface area contributed by atoms with Gasteiger partial charge in [0.15, 0.2) is 0 Å². The summed E-state index contributed by atoms with van der Waals surface area (Å²) >= 11 is 0. The molecule has 2 N–H and O–H groups in total. The van der Waals surface area contributed by atoms with Crippen molar-refractivity contribution in [3.63, 3.8) is 0 Å². The molecule has 0 saturated heterocycles. The van der Waals surface area contributed by atoms with Crippen LogP contribution in [0.2, 0.25) is 0 Å². The Morgan fingerprint density at radius 2 is 1.76 bits per heavy atom. The molecule has 0 aromatic heterocycles. The number of hydrogen-bond donors (Lipinski definition) is 1. The highest BCUT2D eigenvalue weighted by molar-refractivity contribution is 5.97. The van der Waals surface area contributed by atoms with Crippen molar-refractivity contribution in [2.45, 2.75) is 13.8 Å². The number of nitrogens with zero attached hydrogens (tertiary/aromatic N) is 1. The summed E-state index contributed by atoms with van der Waals surface area (Å²) in [5, 5.41) is 0. The number of nitrogens with two attached hydrogens (primary N) is 1. The van der Waals surface area contributed by atoms with E-state index in [0.717, 1.165) is 16.9 Å². The Balaban J connectivity index is 2.45. The van der Waals surface area contributed by atoms with Crippen LogP contribution in [0.4, 0.5) is 5.69 Å². The van der Waals surface area contributed by atoms with Crippen LogP contribution in [0.15, 0.2) is 36.4 Å². The summed E-state index contributed by atoms with van der Waals surface area (Å²) in [7, 11) is 3.42. The van der Waals surface area contributed by atoms with Gasteiger partial charge in [-0.05, 0) is 43.2 Å². The van der Waals surface area contributed by atoms with Crippen molar-refractivity contribution in [2.24, 2.45) is 0 Å². The maximum atomic E-state index is 12.2. The minimum atomic E-state index is -0.115. The molecule has 0 atom stereocenters. The molecule has 0 heterocycles. The molecule has 0 spiro atoms. The molecule has 4 heteroatoms. The molecule has 0 bridgehead atoms. The monoisotopic (exact) mass is 284 g/mol. The second-order valence-corrected chi connectivity index (χ2v) is 5.33. The Labute approximate surface area is 125 Å². The van der Waals surface area contributed by atoms with E-state index in [4.69, 9.17) is 10.5 Å². The molecule has 2 rings (SSSR count). The van der Waals surface area contributed by atoms with Gasteiger partial charge in [-0.1, -0.05) is 12.1 Å². The molecule has 21 heavy (non-hydrogen) atoms. The average molecular weight is 284 g/mol. The van der Waals surface area contributed by atoms with E-state index in [1.165, 1.54) is 4.90 Å². The number of aryl methyl sites for hydroxylation is 2. The Hall–Kier alpha value is -2.49. The molecule has 0 aliphatic heterocycles. The summed E-state index contributed by atoms with van der Waals surface area (Å²) in [4.78, 5) is 13.7. The van der Waals surface area contributed by atoms with Gasteiger partial charge in [0.1, 0.15) is 11.5 Å². The van der Waals surface area contributed by atoms with Crippen molar-refractivity contribution < 1.29 is 9.53 Å². The van der Waals surface area contributed by atoms with Gasteiger partial charge < -0.3 is 15.4 Å². The summed E-state index contributed by atoms with van der Waals surface area (Å²) in [6, 6.07) is 11.0. The number of amides is 1. The van der Waals surface area contributed by atoms with E-state index < -0.39 is 0 Å². The molecule has 4 nitrogen and oxygen atoms in total. The van der Waals surface area contributed by atoms with Crippen molar-refractivity contribution in [1.29, 1.82) is 0 Å². The quantitative estimate of drug-likeness (QED) is 0.879. The minimum Gasteiger partial charge on any atom is -0.456 e. The smallest absolute Gasteiger partial charge is 0.257 e. The van der Waals surface area contributed by atoms with Crippen LogP contribution in [0.1, 0.15) is 21.5 Å². The third-order valence-corrected chi connectivity index (χ3v) is 3.21. The molecule has 0 unspecified atom stereocenters. The Kier molecular flexibility index (Phi) is 4.17. The fourth-order valence-corrected chi connectivity index (χ4v) is 1.98. The molecule has 2 aromatic rings. The van der Waals surface area contributed by atoms with Gasteiger partial charge in [0.2, 0.25) is 0 Å². The lowest BCUT2D eigenvalue weighted by atomic mass is 10.1. The molecule has 0 saturated carbocycles. The van der Waals surface area contributed by atoms with E-state index >= 15 is 0 Å². The maximum absolute atomic E-state index is 12.2. The zero-order valence-electron chi connectivity index (χ0n) is 12.8. The van der Waals surface area contributed by atoms with Crippen LogP contribution in [-0.4, -0.2) is 24.9 Å². The second kappa shape index (κ2) is 5.87. The topological polar surface area (TPSA) is 55.6 Å². The van der Waals surface area contributed by atoms with Crippen molar-refractivity contribution in [1.82, 2.24) is 4.90 Å². The third-order valence-electron chi connectivity index (χ3n) is 3.21. The summed E-state index contributed by atoms with van der Waals surface area (Å²) in [5.41, 5.74) is 8.98. The van der Waals surface area contributed by atoms with Gasteiger partial charge in [-0.3, -0.25) is 4.79 Å². The van der Waals surface area contributed by atoms with E-state index in [9.17, 15) is 4.79 Å². The molecule has 110 valence electrons. The number of carbonyl (C=O) groups excluding carboxylic acids is 1. The van der Waals surface area contributed by atoms with Gasteiger partial charge in [-0.2, -0.15) is 0 Å². The predicted octanol–water partition coefficient (Wildman–Crippen LogP) is 3.38.